The van der Waals surface area contributed by atoms with E-state index in [0.717, 1.165) is 27.5 Å². The number of amides is 1. The van der Waals surface area contributed by atoms with Crippen LogP contribution in [0.5, 0.6) is 0 Å². The fourth-order valence-corrected chi connectivity index (χ4v) is 3.30. The Morgan fingerprint density at radius 1 is 1.28 bits per heavy atom. The van der Waals surface area contributed by atoms with Gasteiger partial charge in [0.25, 0.3) is 0 Å². The first-order valence-electron chi connectivity index (χ1n) is 7.98. The number of sulfonamides is 1. The predicted molar refractivity (Wildman–Crippen MR) is 98.1 cm³/mol. The summed E-state index contributed by atoms with van der Waals surface area (Å²) in [6.07, 6.45) is 2.83. The molecule has 25 heavy (non-hydrogen) atoms. The summed E-state index contributed by atoms with van der Waals surface area (Å²) in [6.45, 7) is 6.51. The molecule has 1 amide bonds. The number of hydrogen-bond donors (Lipinski definition) is 1. The molecule has 8 heteroatoms. The van der Waals surface area contributed by atoms with Crippen LogP contribution in [0.2, 0.25) is 0 Å². The number of benzene rings is 1. The zero-order valence-electron chi connectivity index (χ0n) is 15.0. The van der Waals surface area contributed by atoms with Gasteiger partial charge in [-0.2, -0.15) is 0 Å². The standard InChI is InChI=1S/C17H24N4O3S/c1-13-6-5-7-16(10-13)21(25(4,23)24)11-17(22)18-8-9-20-12-19-14(2)15(20)3/h5-7,10,12H,8-9,11H2,1-4H3,(H,18,22). The van der Waals surface area contributed by atoms with E-state index in [2.05, 4.69) is 10.3 Å². The average molecular weight is 364 g/mol. The van der Waals surface area contributed by atoms with Crippen molar-refractivity contribution in [1.82, 2.24) is 14.9 Å². The molecule has 1 N–H and O–H groups in total. The molecular weight excluding hydrogens is 340 g/mol. The Labute approximate surface area is 148 Å². The zero-order chi connectivity index (χ0) is 18.6. The number of nitrogens with one attached hydrogen (secondary N) is 1. The molecule has 2 rings (SSSR count). The average Bonchev–Trinajstić information content (AvgIpc) is 2.83. The lowest BCUT2D eigenvalue weighted by Gasteiger charge is -2.22. The van der Waals surface area contributed by atoms with Gasteiger partial charge in [-0.05, 0) is 38.5 Å². The van der Waals surface area contributed by atoms with Crippen LogP contribution in [0, 0.1) is 20.8 Å². The van der Waals surface area contributed by atoms with Gasteiger partial charge >= 0.3 is 0 Å². The van der Waals surface area contributed by atoms with Gasteiger partial charge in [-0.3, -0.25) is 9.10 Å². The molecular formula is C17H24N4O3S. The number of hydrogen-bond acceptors (Lipinski definition) is 4. The van der Waals surface area contributed by atoms with Crippen molar-refractivity contribution in [3.05, 3.63) is 47.5 Å². The van der Waals surface area contributed by atoms with Gasteiger partial charge in [0.15, 0.2) is 0 Å². The molecule has 0 saturated carbocycles. The highest BCUT2D eigenvalue weighted by molar-refractivity contribution is 7.92. The topological polar surface area (TPSA) is 84.3 Å². The zero-order valence-corrected chi connectivity index (χ0v) is 15.8. The van der Waals surface area contributed by atoms with Crippen molar-refractivity contribution >= 4 is 21.6 Å². The van der Waals surface area contributed by atoms with E-state index in [0.29, 0.717) is 18.8 Å². The number of carbonyl (C=O) groups is 1. The van der Waals surface area contributed by atoms with E-state index < -0.39 is 10.0 Å². The number of nitrogens with zero attached hydrogens (tertiary/aromatic N) is 3. The van der Waals surface area contributed by atoms with Crippen LogP contribution >= 0.6 is 0 Å². The number of anilines is 1. The lowest BCUT2D eigenvalue weighted by molar-refractivity contribution is -0.119. The molecule has 0 saturated heterocycles. The van der Waals surface area contributed by atoms with E-state index in [9.17, 15) is 13.2 Å². The van der Waals surface area contributed by atoms with Crippen molar-refractivity contribution in [2.45, 2.75) is 27.3 Å². The summed E-state index contributed by atoms with van der Waals surface area (Å²) in [5.41, 5.74) is 3.41. The first kappa shape index (κ1) is 19.0. The van der Waals surface area contributed by atoms with Crippen molar-refractivity contribution in [3.8, 4) is 0 Å². The molecule has 0 bridgehead atoms. The Balaban J connectivity index is 1.99. The summed E-state index contributed by atoms with van der Waals surface area (Å²) in [7, 11) is -3.55. The second-order valence-corrected chi connectivity index (χ2v) is 7.97. The van der Waals surface area contributed by atoms with Crippen molar-refractivity contribution in [3.63, 3.8) is 0 Å². The minimum Gasteiger partial charge on any atom is -0.353 e. The van der Waals surface area contributed by atoms with Crippen molar-refractivity contribution in [2.24, 2.45) is 0 Å². The fraction of sp³-hybridized carbons (Fsp3) is 0.412. The molecule has 0 fully saturated rings. The second-order valence-electron chi connectivity index (χ2n) is 6.07. The number of aromatic nitrogens is 2. The summed E-state index contributed by atoms with van der Waals surface area (Å²) in [4.78, 5) is 16.4. The molecule has 0 aliphatic heterocycles. The third-order valence-corrected chi connectivity index (χ3v) is 5.14. The lowest BCUT2D eigenvalue weighted by atomic mass is 10.2. The van der Waals surface area contributed by atoms with Gasteiger partial charge in [-0.1, -0.05) is 12.1 Å². The summed E-state index contributed by atoms with van der Waals surface area (Å²) in [5, 5.41) is 2.76. The summed E-state index contributed by atoms with van der Waals surface area (Å²) in [6, 6.07) is 7.06. The van der Waals surface area contributed by atoms with E-state index in [-0.39, 0.29) is 12.5 Å². The Hall–Kier alpha value is -2.35. The van der Waals surface area contributed by atoms with Gasteiger partial charge in [0, 0.05) is 18.8 Å². The van der Waals surface area contributed by atoms with E-state index in [1.165, 1.54) is 0 Å². The predicted octanol–water partition coefficient (Wildman–Crippen LogP) is 1.39. The van der Waals surface area contributed by atoms with Crippen LogP contribution in [0.3, 0.4) is 0 Å². The molecule has 0 aliphatic carbocycles. The smallest absolute Gasteiger partial charge is 0.240 e. The highest BCUT2D eigenvalue weighted by atomic mass is 32.2. The first-order valence-corrected chi connectivity index (χ1v) is 9.82. The molecule has 1 aromatic heterocycles. The summed E-state index contributed by atoms with van der Waals surface area (Å²) >= 11 is 0. The van der Waals surface area contributed by atoms with Crippen LogP contribution in [0.15, 0.2) is 30.6 Å². The SMILES string of the molecule is Cc1cccc(N(CC(=O)NCCn2cnc(C)c2C)S(C)(=O)=O)c1. The monoisotopic (exact) mass is 364 g/mol. The third-order valence-electron chi connectivity index (χ3n) is 4.00. The molecule has 7 nitrogen and oxygen atoms in total. The second kappa shape index (κ2) is 7.69. The van der Waals surface area contributed by atoms with Gasteiger partial charge in [-0.15, -0.1) is 0 Å². The molecule has 0 aliphatic rings. The van der Waals surface area contributed by atoms with Crippen molar-refractivity contribution in [1.29, 1.82) is 0 Å². The van der Waals surface area contributed by atoms with E-state index in [1.807, 2.05) is 31.4 Å². The van der Waals surface area contributed by atoms with E-state index in [1.54, 1.807) is 24.5 Å². The maximum atomic E-state index is 12.2. The van der Waals surface area contributed by atoms with Crippen LogP contribution in [0.1, 0.15) is 17.0 Å². The number of carbonyl (C=O) groups excluding carboxylic acids is 1. The van der Waals surface area contributed by atoms with Gasteiger partial charge in [0.05, 0.1) is 24.0 Å². The van der Waals surface area contributed by atoms with Crippen LogP contribution < -0.4 is 9.62 Å². The van der Waals surface area contributed by atoms with E-state index in [4.69, 9.17) is 0 Å². The molecule has 0 atom stereocenters. The van der Waals surface area contributed by atoms with Crippen molar-refractivity contribution < 1.29 is 13.2 Å². The maximum absolute atomic E-state index is 12.2. The Bertz CT molecular complexity index is 859. The van der Waals surface area contributed by atoms with Gasteiger partial charge < -0.3 is 9.88 Å². The van der Waals surface area contributed by atoms with Crippen LogP contribution in [0.4, 0.5) is 5.69 Å². The quantitative estimate of drug-likeness (QED) is 0.805. The minimum absolute atomic E-state index is 0.246. The molecule has 0 radical (unpaired) electrons. The minimum atomic E-state index is -3.55. The Morgan fingerprint density at radius 3 is 2.56 bits per heavy atom. The molecule has 136 valence electrons. The number of imidazole rings is 1. The van der Waals surface area contributed by atoms with Crippen LogP contribution in [-0.2, 0) is 21.4 Å². The van der Waals surface area contributed by atoms with E-state index >= 15 is 0 Å². The van der Waals surface area contributed by atoms with Crippen LogP contribution in [-0.4, -0.2) is 43.2 Å². The molecule has 2 aromatic rings. The third kappa shape index (κ3) is 5.06. The first-order chi connectivity index (χ1) is 11.7. The molecule has 0 unspecified atom stereocenters. The Morgan fingerprint density at radius 2 is 2.00 bits per heavy atom. The van der Waals surface area contributed by atoms with Gasteiger partial charge in [0.1, 0.15) is 6.54 Å². The lowest BCUT2D eigenvalue weighted by Crippen LogP contribution is -2.41. The van der Waals surface area contributed by atoms with Crippen LogP contribution in [0.25, 0.3) is 0 Å². The van der Waals surface area contributed by atoms with Gasteiger partial charge in [-0.25, -0.2) is 13.4 Å². The highest BCUT2D eigenvalue weighted by Crippen LogP contribution is 2.18. The molecule has 1 heterocycles. The summed E-state index contributed by atoms with van der Waals surface area (Å²) in [5.74, 6) is -0.346. The highest BCUT2D eigenvalue weighted by Gasteiger charge is 2.20. The fourth-order valence-electron chi connectivity index (χ4n) is 2.45. The van der Waals surface area contributed by atoms with Gasteiger partial charge in [0.2, 0.25) is 15.9 Å². The largest absolute Gasteiger partial charge is 0.353 e. The normalized spacial score (nSPS) is 11.4. The molecule has 1 aromatic carbocycles. The van der Waals surface area contributed by atoms with Crippen molar-refractivity contribution in [2.75, 3.05) is 23.7 Å². The summed E-state index contributed by atoms with van der Waals surface area (Å²) < 4.78 is 27.2. The maximum Gasteiger partial charge on any atom is 0.240 e. The Kier molecular flexibility index (Phi) is 5.84. The number of rotatable bonds is 7. The number of aryl methyl sites for hydroxylation is 2. The molecule has 0 spiro atoms.